The second-order valence-corrected chi connectivity index (χ2v) is 7.16. The van der Waals surface area contributed by atoms with Crippen LogP contribution < -0.4 is 5.32 Å². The molecule has 4 rings (SSSR count). The van der Waals surface area contributed by atoms with E-state index in [0.29, 0.717) is 21.8 Å². The predicted molar refractivity (Wildman–Crippen MR) is 93.2 cm³/mol. The molecule has 1 aliphatic heterocycles. The van der Waals surface area contributed by atoms with E-state index in [9.17, 15) is 18.0 Å². The van der Waals surface area contributed by atoms with Crippen molar-refractivity contribution in [1.82, 2.24) is 4.90 Å². The van der Waals surface area contributed by atoms with Crippen LogP contribution in [-0.4, -0.2) is 23.7 Å². The summed E-state index contributed by atoms with van der Waals surface area (Å²) in [6.45, 7) is -1.32. The van der Waals surface area contributed by atoms with Gasteiger partial charge in [0.2, 0.25) is 0 Å². The average Bonchev–Trinajstić information content (AvgIpc) is 3.41. The van der Waals surface area contributed by atoms with Crippen molar-refractivity contribution in [2.24, 2.45) is 5.92 Å². The number of halogens is 4. The Hall–Kier alpha value is -2.21. The number of amides is 2. The molecule has 0 bridgehead atoms. The number of urea groups is 1. The molecular weight excluding hydrogens is 365 g/mol. The van der Waals surface area contributed by atoms with Crippen molar-refractivity contribution in [3.05, 3.63) is 64.7 Å². The van der Waals surface area contributed by atoms with E-state index >= 15 is 0 Å². The highest BCUT2D eigenvalue weighted by atomic mass is 35.5. The van der Waals surface area contributed by atoms with Gasteiger partial charge in [0, 0.05) is 16.3 Å². The average molecular weight is 381 g/mol. The molecule has 1 fully saturated rings. The third-order valence-corrected chi connectivity index (χ3v) is 5.26. The zero-order chi connectivity index (χ0) is 18.5. The Kier molecular flexibility index (Phi) is 3.91. The number of hydrogen-bond acceptors (Lipinski definition) is 1. The number of fused-ring (bicyclic) bond motifs is 1. The van der Waals surface area contributed by atoms with Gasteiger partial charge in [0.15, 0.2) is 0 Å². The van der Waals surface area contributed by atoms with Gasteiger partial charge in [-0.05, 0) is 42.5 Å². The lowest BCUT2D eigenvalue weighted by Gasteiger charge is -2.49. The molecule has 0 spiro atoms. The Morgan fingerprint density at radius 3 is 2.46 bits per heavy atom. The summed E-state index contributed by atoms with van der Waals surface area (Å²) in [4.78, 5) is 13.7. The fraction of sp³-hybridized carbons (Fsp3) is 0.316. The molecule has 26 heavy (non-hydrogen) atoms. The molecule has 1 N–H and O–H groups in total. The fourth-order valence-electron chi connectivity index (χ4n) is 3.99. The third-order valence-electron chi connectivity index (χ3n) is 5.02. The molecule has 2 aromatic rings. The number of benzene rings is 2. The molecule has 1 atom stereocenters. The van der Waals surface area contributed by atoms with Crippen LogP contribution in [0.15, 0.2) is 48.5 Å². The van der Waals surface area contributed by atoms with Crippen LogP contribution in [0.2, 0.25) is 5.02 Å². The lowest BCUT2D eigenvalue weighted by molar-refractivity contribution is -0.149. The Labute approximate surface area is 153 Å². The lowest BCUT2D eigenvalue weighted by atomic mass is 9.75. The van der Waals surface area contributed by atoms with E-state index in [-0.39, 0.29) is 5.92 Å². The molecule has 7 heteroatoms. The van der Waals surface area contributed by atoms with E-state index in [1.807, 2.05) is 0 Å². The van der Waals surface area contributed by atoms with Gasteiger partial charge in [-0.15, -0.1) is 0 Å². The summed E-state index contributed by atoms with van der Waals surface area (Å²) in [5, 5.41) is 3.02. The number of carbonyl (C=O) groups excluding carboxylic acids is 1. The van der Waals surface area contributed by atoms with Gasteiger partial charge in [-0.2, -0.15) is 13.2 Å². The molecule has 1 saturated carbocycles. The highest BCUT2D eigenvalue weighted by Crippen LogP contribution is 2.57. The zero-order valence-corrected chi connectivity index (χ0v) is 14.4. The first kappa shape index (κ1) is 17.2. The van der Waals surface area contributed by atoms with Crippen LogP contribution in [0.25, 0.3) is 0 Å². The maximum atomic E-state index is 13.4. The smallest absolute Gasteiger partial charge is 0.307 e. The van der Waals surface area contributed by atoms with Gasteiger partial charge < -0.3 is 10.2 Å². The standard InChI is InChI=1S/C19H16ClF3N2O/c20-14-8-9-16-15(10-14)19(13-6-7-13,12-4-2-1-3-5-12)25(17(26)24-16)11-18(21,22)23/h1-5,8-10,13H,6-7,11H2,(H,24,26). The van der Waals surface area contributed by atoms with E-state index in [2.05, 4.69) is 5.32 Å². The van der Waals surface area contributed by atoms with E-state index in [0.717, 1.165) is 17.7 Å². The Morgan fingerprint density at radius 2 is 1.85 bits per heavy atom. The monoisotopic (exact) mass is 380 g/mol. The van der Waals surface area contributed by atoms with Crippen LogP contribution in [0, 0.1) is 5.92 Å². The number of anilines is 1. The van der Waals surface area contributed by atoms with Crippen molar-refractivity contribution in [2.75, 3.05) is 11.9 Å². The second kappa shape index (κ2) is 5.91. The van der Waals surface area contributed by atoms with Crippen molar-refractivity contribution in [3.63, 3.8) is 0 Å². The van der Waals surface area contributed by atoms with Crippen LogP contribution in [0.4, 0.5) is 23.7 Å². The molecule has 1 unspecified atom stereocenters. The van der Waals surface area contributed by atoms with Crippen molar-refractivity contribution < 1.29 is 18.0 Å². The third kappa shape index (κ3) is 2.72. The minimum atomic E-state index is -4.51. The van der Waals surface area contributed by atoms with Crippen molar-refractivity contribution in [2.45, 2.75) is 24.6 Å². The molecule has 1 heterocycles. The maximum absolute atomic E-state index is 13.4. The first-order chi connectivity index (χ1) is 12.3. The lowest BCUT2D eigenvalue weighted by Crippen LogP contribution is -2.59. The topological polar surface area (TPSA) is 32.3 Å². The Bertz CT molecular complexity index is 852. The Morgan fingerprint density at radius 1 is 1.15 bits per heavy atom. The zero-order valence-electron chi connectivity index (χ0n) is 13.7. The van der Waals surface area contributed by atoms with Gasteiger partial charge in [0.1, 0.15) is 12.1 Å². The van der Waals surface area contributed by atoms with E-state index in [4.69, 9.17) is 11.6 Å². The molecule has 0 aromatic heterocycles. The van der Waals surface area contributed by atoms with E-state index in [1.165, 1.54) is 0 Å². The normalized spacial score (nSPS) is 22.8. The first-order valence-electron chi connectivity index (χ1n) is 8.33. The van der Waals surface area contributed by atoms with Crippen LogP contribution in [0.5, 0.6) is 0 Å². The number of nitrogens with zero attached hydrogens (tertiary/aromatic N) is 1. The summed E-state index contributed by atoms with van der Waals surface area (Å²) in [6.07, 6.45) is -3.01. The molecule has 2 aliphatic rings. The molecule has 2 aromatic carbocycles. The summed E-state index contributed by atoms with van der Waals surface area (Å²) in [6, 6.07) is 13.1. The van der Waals surface area contributed by atoms with Gasteiger partial charge in [0.25, 0.3) is 0 Å². The molecular formula is C19H16ClF3N2O. The number of alkyl halides is 3. The minimum Gasteiger partial charge on any atom is -0.307 e. The van der Waals surface area contributed by atoms with Crippen molar-refractivity contribution in [3.8, 4) is 0 Å². The summed E-state index contributed by atoms with van der Waals surface area (Å²) >= 11 is 6.18. The molecule has 0 saturated heterocycles. The van der Waals surface area contributed by atoms with Crippen LogP contribution in [0.1, 0.15) is 24.0 Å². The first-order valence-corrected chi connectivity index (χ1v) is 8.71. The molecule has 3 nitrogen and oxygen atoms in total. The second-order valence-electron chi connectivity index (χ2n) is 6.73. The Balaban J connectivity index is 2.01. The summed E-state index contributed by atoms with van der Waals surface area (Å²) < 4.78 is 40.1. The van der Waals surface area contributed by atoms with Gasteiger partial charge in [0.05, 0.1) is 0 Å². The van der Waals surface area contributed by atoms with Crippen LogP contribution in [0.3, 0.4) is 0 Å². The van der Waals surface area contributed by atoms with E-state index in [1.54, 1.807) is 48.5 Å². The number of rotatable bonds is 3. The molecule has 0 radical (unpaired) electrons. The quantitative estimate of drug-likeness (QED) is 0.759. The maximum Gasteiger partial charge on any atom is 0.406 e. The number of hydrogen-bond donors (Lipinski definition) is 1. The van der Waals surface area contributed by atoms with Gasteiger partial charge in [-0.3, -0.25) is 0 Å². The van der Waals surface area contributed by atoms with Gasteiger partial charge in [-0.25, -0.2) is 4.79 Å². The number of nitrogens with one attached hydrogen (secondary N) is 1. The van der Waals surface area contributed by atoms with Crippen LogP contribution in [-0.2, 0) is 5.54 Å². The SMILES string of the molecule is O=C1Nc2ccc(Cl)cc2C(c2ccccc2)(C2CC2)N1CC(F)(F)F. The largest absolute Gasteiger partial charge is 0.406 e. The van der Waals surface area contributed by atoms with Crippen molar-refractivity contribution in [1.29, 1.82) is 0 Å². The van der Waals surface area contributed by atoms with Gasteiger partial charge >= 0.3 is 12.2 Å². The van der Waals surface area contributed by atoms with Crippen LogP contribution >= 0.6 is 11.6 Å². The fourth-order valence-corrected chi connectivity index (χ4v) is 4.16. The van der Waals surface area contributed by atoms with Crippen molar-refractivity contribution >= 4 is 23.3 Å². The van der Waals surface area contributed by atoms with Gasteiger partial charge in [-0.1, -0.05) is 41.9 Å². The highest BCUT2D eigenvalue weighted by molar-refractivity contribution is 6.30. The highest BCUT2D eigenvalue weighted by Gasteiger charge is 2.58. The summed E-state index contributed by atoms with van der Waals surface area (Å²) in [7, 11) is 0. The summed E-state index contributed by atoms with van der Waals surface area (Å²) in [5.74, 6) is -0.0875. The molecule has 136 valence electrons. The minimum absolute atomic E-state index is 0.0875. The molecule has 2 amide bonds. The summed E-state index contributed by atoms with van der Waals surface area (Å²) in [5.41, 5.74) is 0.612. The number of carbonyl (C=O) groups is 1. The predicted octanol–water partition coefficient (Wildman–Crippen LogP) is 5.40. The van der Waals surface area contributed by atoms with E-state index < -0.39 is 24.3 Å². The molecule has 1 aliphatic carbocycles.